The first kappa shape index (κ1) is 19.1. The van der Waals surface area contributed by atoms with Crippen molar-refractivity contribution in [1.82, 2.24) is 10.2 Å². The van der Waals surface area contributed by atoms with Gasteiger partial charge in [-0.1, -0.05) is 18.9 Å². The molecule has 1 heterocycles. The van der Waals surface area contributed by atoms with E-state index in [0.717, 1.165) is 12.8 Å². The van der Waals surface area contributed by atoms with Gasteiger partial charge >= 0.3 is 0 Å². The van der Waals surface area contributed by atoms with Crippen LogP contribution in [0.4, 0.5) is 8.78 Å². The molecule has 1 amide bonds. The Hall–Kier alpha value is -1.20. The number of hydrogen-bond acceptors (Lipinski definition) is 2. The van der Waals surface area contributed by atoms with Crippen LogP contribution in [-0.4, -0.2) is 29.4 Å². The third-order valence-corrected chi connectivity index (χ3v) is 5.26. The summed E-state index contributed by atoms with van der Waals surface area (Å²) in [5.41, 5.74) is -0.0295. The Morgan fingerprint density at radius 2 is 1.92 bits per heavy atom. The predicted octanol–water partition coefficient (Wildman–Crippen LogP) is 3.66. The number of likely N-dealkylation sites (N-methyl/N-ethyl adjacent to an activating group) is 1. The number of benzene rings is 1. The summed E-state index contributed by atoms with van der Waals surface area (Å²) in [5, 5.41) is 3.44. The quantitative estimate of drug-likeness (QED) is 0.891. The molecular weight excluding hydrogens is 334 g/mol. The van der Waals surface area contributed by atoms with Gasteiger partial charge in [0.15, 0.2) is 0 Å². The Labute approximate surface area is 148 Å². The van der Waals surface area contributed by atoms with E-state index in [2.05, 4.69) is 5.32 Å². The van der Waals surface area contributed by atoms with E-state index in [-0.39, 0.29) is 36.5 Å². The van der Waals surface area contributed by atoms with Crippen LogP contribution >= 0.6 is 12.4 Å². The van der Waals surface area contributed by atoms with Crippen LogP contribution in [0.5, 0.6) is 0 Å². The highest BCUT2D eigenvalue weighted by atomic mass is 35.5. The molecule has 0 bridgehead atoms. The molecule has 0 aromatic heterocycles. The molecule has 1 saturated carbocycles. The van der Waals surface area contributed by atoms with Crippen molar-refractivity contribution in [3.63, 3.8) is 0 Å². The van der Waals surface area contributed by atoms with Crippen LogP contribution in [0.25, 0.3) is 0 Å². The molecule has 1 N–H and O–H groups in total. The molecule has 24 heavy (non-hydrogen) atoms. The number of amides is 1. The molecule has 1 aliphatic carbocycles. The summed E-state index contributed by atoms with van der Waals surface area (Å²) in [6.45, 7) is 2.28. The first-order valence-electron chi connectivity index (χ1n) is 8.58. The molecule has 1 aromatic carbocycles. The Balaban J connectivity index is 0.00000208. The molecule has 3 nitrogen and oxygen atoms in total. The molecule has 3 unspecified atom stereocenters. The van der Waals surface area contributed by atoms with Crippen molar-refractivity contribution in [2.75, 3.05) is 6.54 Å². The molecule has 1 saturated heterocycles. The molecule has 0 radical (unpaired) electrons. The molecule has 3 atom stereocenters. The SMILES string of the molecule is CCN(Cc1c(F)cccc1F)C(=O)C1CC2CCCCC2N1.Cl. The highest BCUT2D eigenvalue weighted by molar-refractivity contribution is 5.85. The second-order valence-corrected chi connectivity index (χ2v) is 6.66. The van der Waals surface area contributed by atoms with Gasteiger partial charge in [0.05, 0.1) is 12.6 Å². The van der Waals surface area contributed by atoms with Gasteiger partial charge in [-0.15, -0.1) is 12.4 Å². The Kier molecular flexibility index (Phi) is 6.58. The monoisotopic (exact) mass is 358 g/mol. The first-order valence-corrected chi connectivity index (χ1v) is 8.58. The minimum absolute atomic E-state index is 0. The lowest BCUT2D eigenvalue weighted by Crippen LogP contribution is -2.45. The zero-order chi connectivity index (χ0) is 16.4. The highest BCUT2D eigenvalue weighted by Gasteiger charge is 2.39. The Bertz CT molecular complexity index is 550. The van der Waals surface area contributed by atoms with Crippen LogP contribution in [0.2, 0.25) is 0 Å². The van der Waals surface area contributed by atoms with E-state index < -0.39 is 11.6 Å². The van der Waals surface area contributed by atoms with Crippen molar-refractivity contribution >= 4 is 18.3 Å². The van der Waals surface area contributed by atoms with Crippen molar-refractivity contribution in [2.24, 2.45) is 5.92 Å². The van der Waals surface area contributed by atoms with E-state index in [9.17, 15) is 13.6 Å². The minimum atomic E-state index is -0.593. The molecular formula is C18H25ClF2N2O. The number of halogens is 3. The normalized spacial score (nSPS) is 25.7. The summed E-state index contributed by atoms with van der Waals surface area (Å²) >= 11 is 0. The number of hydrogen-bond donors (Lipinski definition) is 1. The lowest BCUT2D eigenvalue weighted by atomic mass is 9.85. The van der Waals surface area contributed by atoms with Gasteiger partial charge in [-0.3, -0.25) is 4.79 Å². The molecule has 134 valence electrons. The summed E-state index contributed by atoms with van der Waals surface area (Å²) < 4.78 is 27.7. The lowest BCUT2D eigenvalue weighted by molar-refractivity contribution is -0.133. The van der Waals surface area contributed by atoms with Crippen LogP contribution in [0.1, 0.15) is 44.6 Å². The van der Waals surface area contributed by atoms with Gasteiger partial charge in [0.25, 0.3) is 0 Å². The zero-order valence-corrected chi connectivity index (χ0v) is 14.7. The number of carbonyl (C=O) groups excluding carboxylic acids is 1. The number of nitrogens with zero attached hydrogens (tertiary/aromatic N) is 1. The fourth-order valence-corrected chi connectivity index (χ4v) is 3.95. The topological polar surface area (TPSA) is 32.3 Å². The number of nitrogens with one attached hydrogen (secondary N) is 1. The Morgan fingerprint density at radius 1 is 1.25 bits per heavy atom. The fourth-order valence-electron chi connectivity index (χ4n) is 3.95. The lowest BCUT2D eigenvalue weighted by Gasteiger charge is -2.25. The smallest absolute Gasteiger partial charge is 0.240 e. The molecule has 2 fully saturated rings. The molecule has 3 rings (SSSR count). The van der Waals surface area contributed by atoms with Crippen LogP contribution in [-0.2, 0) is 11.3 Å². The summed E-state index contributed by atoms with van der Waals surface area (Å²) in [5.74, 6) is -0.653. The van der Waals surface area contributed by atoms with E-state index in [0.29, 0.717) is 18.5 Å². The highest BCUT2D eigenvalue weighted by Crippen LogP contribution is 2.33. The third-order valence-electron chi connectivity index (χ3n) is 5.26. The number of carbonyl (C=O) groups is 1. The van der Waals surface area contributed by atoms with Gasteiger partial charge < -0.3 is 10.2 Å². The Morgan fingerprint density at radius 3 is 2.54 bits per heavy atom. The standard InChI is InChI=1S/C18H24F2N2O.ClH/c1-2-22(11-13-14(19)7-5-8-15(13)20)18(23)17-10-12-6-3-4-9-16(12)21-17;/h5,7-8,12,16-17,21H,2-4,6,9-11H2,1H3;1H. The van der Waals surface area contributed by atoms with Crippen LogP contribution in [0.15, 0.2) is 18.2 Å². The predicted molar refractivity (Wildman–Crippen MR) is 92.0 cm³/mol. The molecule has 2 aliphatic rings. The van der Waals surface area contributed by atoms with Crippen molar-refractivity contribution < 1.29 is 13.6 Å². The van der Waals surface area contributed by atoms with Crippen LogP contribution in [0.3, 0.4) is 0 Å². The summed E-state index contributed by atoms with van der Waals surface area (Å²) in [6, 6.07) is 4.03. The van der Waals surface area contributed by atoms with E-state index in [1.807, 2.05) is 6.92 Å². The molecule has 6 heteroatoms. The van der Waals surface area contributed by atoms with Crippen molar-refractivity contribution in [2.45, 2.75) is 57.7 Å². The van der Waals surface area contributed by atoms with Crippen LogP contribution in [0, 0.1) is 17.6 Å². The molecule has 1 aromatic rings. The first-order chi connectivity index (χ1) is 11.1. The largest absolute Gasteiger partial charge is 0.337 e. The average molecular weight is 359 g/mol. The summed E-state index contributed by atoms with van der Waals surface area (Å²) in [6.07, 6.45) is 5.60. The van der Waals surface area contributed by atoms with Gasteiger partial charge in [-0.2, -0.15) is 0 Å². The van der Waals surface area contributed by atoms with Gasteiger partial charge in [0, 0.05) is 18.2 Å². The maximum Gasteiger partial charge on any atom is 0.240 e. The molecule has 0 spiro atoms. The zero-order valence-electron chi connectivity index (χ0n) is 13.9. The minimum Gasteiger partial charge on any atom is -0.337 e. The average Bonchev–Trinajstić information content (AvgIpc) is 2.98. The van der Waals surface area contributed by atoms with Crippen molar-refractivity contribution in [1.29, 1.82) is 0 Å². The maximum absolute atomic E-state index is 13.8. The van der Waals surface area contributed by atoms with Crippen molar-refractivity contribution in [3.05, 3.63) is 35.4 Å². The van der Waals surface area contributed by atoms with E-state index in [1.165, 1.54) is 37.5 Å². The maximum atomic E-state index is 13.8. The second kappa shape index (κ2) is 8.26. The second-order valence-electron chi connectivity index (χ2n) is 6.66. The number of fused-ring (bicyclic) bond motifs is 1. The van der Waals surface area contributed by atoms with E-state index in [4.69, 9.17) is 0 Å². The summed E-state index contributed by atoms with van der Waals surface area (Å²) in [7, 11) is 0. The van der Waals surface area contributed by atoms with Gasteiger partial charge in [0.1, 0.15) is 11.6 Å². The number of rotatable bonds is 4. The van der Waals surface area contributed by atoms with Gasteiger partial charge in [-0.25, -0.2) is 8.78 Å². The van der Waals surface area contributed by atoms with E-state index in [1.54, 1.807) is 4.90 Å². The van der Waals surface area contributed by atoms with Gasteiger partial charge in [-0.05, 0) is 44.2 Å². The third kappa shape index (κ3) is 3.89. The van der Waals surface area contributed by atoms with Gasteiger partial charge in [0.2, 0.25) is 5.91 Å². The van der Waals surface area contributed by atoms with Crippen molar-refractivity contribution in [3.8, 4) is 0 Å². The summed E-state index contributed by atoms with van der Waals surface area (Å²) in [4.78, 5) is 14.3. The molecule has 1 aliphatic heterocycles. The van der Waals surface area contributed by atoms with Crippen LogP contribution < -0.4 is 5.32 Å². The fraction of sp³-hybridized carbons (Fsp3) is 0.611. The van der Waals surface area contributed by atoms with E-state index >= 15 is 0 Å².